The minimum absolute atomic E-state index is 0.247. The quantitative estimate of drug-likeness (QED) is 0.801. The number of hydrogen-bond acceptors (Lipinski definition) is 4. The van der Waals surface area contributed by atoms with E-state index in [0.717, 1.165) is 10.6 Å². The lowest BCUT2D eigenvalue weighted by Gasteiger charge is -2.09. The minimum Gasteiger partial charge on any atom is -0.497 e. The fraction of sp³-hybridized carbons (Fsp3) is 0.133. The average molecular weight is 319 g/mol. The summed E-state index contributed by atoms with van der Waals surface area (Å²) >= 11 is 0. The van der Waals surface area contributed by atoms with Crippen molar-refractivity contribution in [3.05, 3.63) is 64.3 Å². The van der Waals surface area contributed by atoms with Gasteiger partial charge < -0.3 is 9.30 Å². The third-order valence-corrected chi connectivity index (χ3v) is 2.95. The SMILES string of the molecule is COc1ccc(C(=O)NNC(=O)Cn2ccccc2=O)c(F)c1. The smallest absolute Gasteiger partial charge is 0.272 e. The van der Waals surface area contributed by atoms with Crippen LogP contribution >= 0.6 is 0 Å². The maximum absolute atomic E-state index is 13.7. The predicted octanol–water partition coefficient (Wildman–Crippen LogP) is 0.457. The molecule has 0 bridgehead atoms. The number of benzene rings is 1. The van der Waals surface area contributed by atoms with E-state index >= 15 is 0 Å². The topological polar surface area (TPSA) is 89.4 Å². The van der Waals surface area contributed by atoms with Gasteiger partial charge in [0.05, 0.1) is 12.7 Å². The number of hydrazine groups is 1. The van der Waals surface area contributed by atoms with E-state index in [0.29, 0.717) is 0 Å². The first-order chi connectivity index (χ1) is 11.0. The van der Waals surface area contributed by atoms with Gasteiger partial charge in [0.1, 0.15) is 18.1 Å². The zero-order valence-electron chi connectivity index (χ0n) is 12.2. The van der Waals surface area contributed by atoms with E-state index < -0.39 is 17.6 Å². The number of amides is 2. The van der Waals surface area contributed by atoms with E-state index in [2.05, 4.69) is 10.9 Å². The van der Waals surface area contributed by atoms with Crippen LogP contribution in [0.5, 0.6) is 5.75 Å². The lowest BCUT2D eigenvalue weighted by molar-refractivity contribution is -0.122. The molecule has 2 amide bonds. The molecule has 1 aromatic heterocycles. The second-order valence-corrected chi connectivity index (χ2v) is 4.51. The Hall–Kier alpha value is -3.16. The molecule has 0 fully saturated rings. The van der Waals surface area contributed by atoms with Crippen molar-refractivity contribution >= 4 is 11.8 Å². The Morgan fingerprint density at radius 3 is 2.65 bits per heavy atom. The largest absolute Gasteiger partial charge is 0.497 e. The number of pyridine rings is 1. The fourth-order valence-corrected chi connectivity index (χ4v) is 1.79. The Labute approximate surface area is 130 Å². The van der Waals surface area contributed by atoms with Crippen LogP contribution in [0.25, 0.3) is 0 Å². The zero-order chi connectivity index (χ0) is 16.8. The van der Waals surface area contributed by atoms with Crippen molar-refractivity contribution in [3.63, 3.8) is 0 Å². The highest BCUT2D eigenvalue weighted by Gasteiger charge is 2.13. The van der Waals surface area contributed by atoms with Gasteiger partial charge >= 0.3 is 0 Å². The number of nitrogens with zero attached hydrogens (tertiary/aromatic N) is 1. The summed E-state index contributed by atoms with van der Waals surface area (Å²) in [5.74, 6) is -1.96. The molecule has 0 aliphatic rings. The van der Waals surface area contributed by atoms with Crippen LogP contribution in [-0.2, 0) is 11.3 Å². The first kappa shape index (κ1) is 16.2. The molecule has 7 nitrogen and oxygen atoms in total. The van der Waals surface area contributed by atoms with E-state index in [1.807, 2.05) is 0 Å². The predicted molar refractivity (Wildman–Crippen MR) is 79.3 cm³/mol. The third-order valence-electron chi connectivity index (χ3n) is 2.95. The van der Waals surface area contributed by atoms with E-state index in [-0.39, 0.29) is 23.4 Å². The third kappa shape index (κ3) is 4.16. The molecule has 0 saturated carbocycles. The van der Waals surface area contributed by atoms with E-state index in [1.54, 1.807) is 12.1 Å². The first-order valence-electron chi connectivity index (χ1n) is 6.59. The molecule has 120 valence electrons. The van der Waals surface area contributed by atoms with Crippen molar-refractivity contribution < 1.29 is 18.7 Å². The average Bonchev–Trinajstić information content (AvgIpc) is 2.54. The van der Waals surface area contributed by atoms with Crippen LogP contribution in [0.2, 0.25) is 0 Å². The summed E-state index contributed by atoms with van der Waals surface area (Å²) in [5, 5.41) is 0. The van der Waals surface area contributed by atoms with Gasteiger partial charge in [-0.15, -0.1) is 0 Å². The Balaban J connectivity index is 1.95. The monoisotopic (exact) mass is 319 g/mol. The number of ether oxygens (including phenoxy) is 1. The Bertz CT molecular complexity index is 788. The van der Waals surface area contributed by atoms with Gasteiger partial charge in [-0.05, 0) is 18.2 Å². The number of nitrogens with one attached hydrogen (secondary N) is 2. The summed E-state index contributed by atoms with van der Waals surface area (Å²) in [7, 11) is 1.38. The Morgan fingerprint density at radius 2 is 2.00 bits per heavy atom. The van der Waals surface area contributed by atoms with Gasteiger partial charge in [0.2, 0.25) is 0 Å². The standard InChI is InChI=1S/C15H14FN3O4/c1-23-10-5-6-11(12(16)8-10)15(22)18-17-13(20)9-19-7-3-2-4-14(19)21/h2-8H,9H2,1H3,(H,17,20)(H,18,22). The molecule has 0 radical (unpaired) electrons. The zero-order valence-corrected chi connectivity index (χ0v) is 12.2. The first-order valence-corrected chi connectivity index (χ1v) is 6.59. The lowest BCUT2D eigenvalue weighted by atomic mass is 10.2. The van der Waals surface area contributed by atoms with Crippen LogP contribution in [0, 0.1) is 5.82 Å². The van der Waals surface area contributed by atoms with Crippen LogP contribution in [0.3, 0.4) is 0 Å². The van der Waals surface area contributed by atoms with Crippen LogP contribution in [0.15, 0.2) is 47.4 Å². The number of methoxy groups -OCH3 is 1. The van der Waals surface area contributed by atoms with Crippen LogP contribution in [0.1, 0.15) is 10.4 Å². The molecule has 0 aliphatic carbocycles. The molecule has 8 heteroatoms. The molecule has 2 aromatic rings. The number of hydrogen-bond donors (Lipinski definition) is 2. The molecular formula is C15H14FN3O4. The van der Waals surface area contributed by atoms with Gasteiger partial charge in [-0.2, -0.15) is 0 Å². The van der Waals surface area contributed by atoms with Crippen molar-refractivity contribution in [1.29, 1.82) is 0 Å². The summed E-state index contributed by atoms with van der Waals surface area (Å²) in [6.45, 7) is -0.273. The Morgan fingerprint density at radius 1 is 1.22 bits per heavy atom. The van der Waals surface area contributed by atoms with Gasteiger partial charge in [-0.3, -0.25) is 25.2 Å². The van der Waals surface area contributed by atoms with Crippen molar-refractivity contribution in [3.8, 4) is 5.75 Å². The van der Waals surface area contributed by atoms with Crippen molar-refractivity contribution in [2.45, 2.75) is 6.54 Å². The van der Waals surface area contributed by atoms with Gasteiger partial charge in [-0.25, -0.2) is 4.39 Å². The maximum atomic E-state index is 13.7. The molecule has 0 atom stereocenters. The summed E-state index contributed by atoms with van der Waals surface area (Å²) in [6.07, 6.45) is 1.44. The normalized spacial score (nSPS) is 10.0. The summed E-state index contributed by atoms with van der Waals surface area (Å²) in [5.41, 5.74) is 3.60. The number of aromatic nitrogens is 1. The summed E-state index contributed by atoms with van der Waals surface area (Å²) in [6, 6.07) is 8.16. The molecule has 0 unspecified atom stereocenters. The van der Waals surface area contributed by atoms with E-state index in [9.17, 15) is 18.8 Å². The summed E-state index contributed by atoms with van der Waals surface area (Å²) < 4.78 is 19.7. The van der Waals surface area contributed by atoms with Crippen LogP contribution in [-0.4, -0.2) is 23.5 Å². The summed E-state index contributed by atoms with van der Waals surface area (Å²) in [4.78, 5) is 35.0. The van der Waals surface area contributed by atoms with Crippen molar-refractivity contribution in [2.75, 3.05) is 7.11 Å². The Kier molecular flexibility index (Phi) is 5.08. The minimum atomic E-state index is -0.820. The lowest BCUT2D eigenvalue weighted by Crippen LogP contribution is -2.44. The number of rotatable bonds is 4. The molecule has 0 saturated heterocycles. The molecule has 0 spiro atoms. The maximum Gasteiger partial charge on any atom is 0.272 e. The molecule has 2 N–H and O–H groups in total. The van der Waals surface area contributed by atoms with Gasteiger partial charge in [0, 0.05) is 18.3 Å². The van der Waals surface area contributed by atoms with Crippen LogP contribution in [0.4, 0.5) is 4.39 Å². The van der Waals surface area contributed by atoms with E-state index in [1.165, 1.54) is 31.5 Å². The number of halogens is 1. The van der Waals surface area contributed by atoms with Gasteiger partial charge in [0.15, 0.2) is 0 Å². The second kappa shape index (κ2) is 7.21. The van der Waals surface area contributed by atoms with Crippen LogP contribution < -0.4 is 21.1 Å². The molecule has 0 aliphatic heterocycles. The molecule has 1 heterocycles. The molecule has 2 rings (SSSR count). The van der Waals surface area contributed by atoms with Crippen molar-refractivity contribution in [2.24, 2.45) is 0 Å². The second-order valence-electron chi connectivity index (χ2n) is 4.51. The highest BCUT2D eigenvalue weighted by atomic mass is 19.1. The molecule has 23 heavy (non-hydrogen) atoms. The highest BCUT2D eigenvalue weighted by molar-refractivity contribution is 5.95. The van der Waals surface area contributed by atoms with Gasteiger partial charge in [-0.1, -0.05) is 6.07 Å². The fourth-order valence-electron chi connectivity index (χ4n) is 1.79. The number of carbonyl (C=O) groups is 2. The number of carbonyl (C=O) groups excluding carboxylic acids is 2. The molecular weight excluding hydrogens is 305 g/mol. The van der Waals surface area contributed by atoms with Gasteiger partial charge in [0.25, 0.3) is 17.4 Å². The highest BCUT2D eigenvalue weighted by Crippen LogP contribution is 2.15. The van der Waals surface area contributed by atoms with E-state index in [4.69, 9.17) is 4.74 Å². The van der Waals surface area contributed by atoms with Crippen molar-refractivity contribution in [1.82, 2.24) is 15.4 Å². The molecule has 1 aromatic carbocycles.